The molecule has 0 aliphatic rings. The second kappa shape index (κ2) is 8.03. The van der Waals surface area contributed by atoms with Crippen LogP contribution < -0.4 is 10.6 Å². The van der Waals surface area contributed by atoms with Crippen molar-refractivity contribution in [2.24, 2.45) is 0 Å². The predicted octanol–water partition coefficient (Wildman–Crippen LogP) is 2.44. The standard InChI is InChI=1S/C17H22N4O2S/c1-11-5-7-13(8-6-11)15(21(3)4)9-18-16(23)14-10-24-17(20-14)19-12(2)22/h5-8,10,15H,9H2,1-4H3,(H,18,23)(H,19,20,22). The van der Waals surface area contributed by atoms with Crippen LogP contribution in [0.5, 0.6) is 0 Å². The lowest BCUT2D eigenvalue weighted by Crippen LogP contribution is -2.34. The molecule has 0 bridgehead atoms. The fourth-order valence-electron chi connectivity index (χ4n) is 2.25. The molecule has 6 nitrogen and oxygen atoms in total. The van der Waals surface area contributed by atoms with Crippen LogP contribution >= 0.6 is 11.3 Å². The van der Waals surface area contributed by atoms with Crippen molar-refractivity contribution in [2.75, 3.05) is 26.0 Å². The van der Waals surface area contributed by atoms with Crippen LogP contribution in [0.3, 0.4) is 0 Å². The summed E-state index contributed by atoms with van der Waals surface area (Å²) in [5, 5.41) is 7.55. The maximum absolute atomic E-state index is 12.3. The molecule has 24 heavy (non-hydrogen) atoms. The summed E-state index contributed by atoms with van der Waals surface area (Å²) in [5.41, 5.74) is 2.65. The monoisotopic (exact) mass is 346 g/mol. The van der Waals surface area contributed by atoms with E-state index < -0.39 is 0 Å². The molecule has 0 saturated heterocycles. The Morgan fingerprint density at radius 2 is 1.92 bits per heavy atom. The second-order valence-electron chi connectivity index (χ2n) is 5.82. The van der Waals surface area contributed by atoms with Crippen LogP contribution in [0.4, 0.5) is 5.13 Å². The van der Waals surface area contributed by atoms with Gasteiger partial charge in [0.1, 0.15) is 5.69 Å². The first kappa shape index (κ1) is 18.1. The van der Waals surface area contributed by atoms with E-state index in [-0.39, 0.29) is 17.9 Å². The number of thiazole rings is 1. The molecule has 1 unspecified atom stereocenters. The Bertz CT molecular complexity index is 710. The van der Waals surface area contributed by atoms with Gasteiger partial charge in [-0.2, -0.15) is 0 Å². The average molecular weight is 346 g/mol. The minimum atomic E-state index is -0.248. The highest BCUT2D eigenvalue weighted by Gasteiger charge is 2.17. The SMILES string of the molecule is CC(=O)Nc1nc(C(=O)NCC(c2ccc(C)cc2)N(C)C)cs1. The number of likely N-dealkylation sites (N-methyl/N-ethyl adjacent to an activating group) is 1. The summed E-state index contributed by atoms with van der Waals surface area (Å²) in [6.07, 6.45) is 0. The second-order valence-corrected chi connectivity index (χ2v) is 6.68. The molecule has 2 rings (SSSR count). The fourth-order valence-corrected chi connectivity index (χ4v) is 2.99. The number of anilines is 1. The quantitative estimate of drug-likeness (QED) is 0.842. The smallest absolute Gasteiger partial charge is 0.270 e. The van der Waals surface area contributed by atoms with Gasteiger partial charge in [0.2, 0.25) is 5.91 Å². The zero-order valence-corrected chi connectivity index (χ0v) is 15.1. The van der Waals surface area contributed by atoms with Crippen molar-refractivity contribution >= 4 is 28.3 Å². The maximum Gasteiger partial charge on any atom is 0.270 e. The Labute approximate surface area is 145 Å². The highest BCUT2D eigenvalue weighted by Crippen LogP contribution is 2.19. The summed E-state index contributed by atoms with van der Waals surface area (Å²) in [7, 11) is 3.96. The van der Waals surface area contributed by atoms with Crippen molar-refractivity contribution in [1.82, 2.24) is 15.2 Å². The first-order valence-corrected chi connectivity index (χ1v) is 8.49. The van der Waals surface area contributed by atoms with E-state index in [1.54, 1.807) is 5.38 Å². The number of carbonyl (C=O) groups is 2. The van der Waals surface area contributed by atoms with Crippen molar-refractivity contribution in [1.29, 1.82) is 0 Å². The van der Waals surface area contributed by atoms with E-state index in [2.05, 4.69) is 44.8 Å². The molecular formula is C17H22N4O2S. The van der Waals surface area contributed by atoms with E-state index in [9.17, 15) is 9.59 Å². The normalized spacial score (nSPS) is 12.0. The molecule has 1 aromatic carbocycles. The van der Waals surface area contributed by atoms with Gasteiger partial charge in [-0.1, -0.05) is 29.8 Å². The molecule has 2 N–H and O–H groups in total. The van der Waals surface area contributed by atoms with Gasteiger partial charge in [-0.3, -0.25) is 9.59 Å². The summed E-state index contributed by atoms with van der Waals surface area (Å²) in [4.78, 5) is 29.5. The van der Waals surface area contributed by atoms with Crippen LogP contribution in [0.15, 0.2) is 29.6 Å². The number of benzene rings is 1. The Morgan fingerprint density at radius 1 is 1.25 bits per heavy atom. The number of nitrogens with zero attached hydrogens (tertiary/aromatic N) is 2. The lowest BCUT2D eigenvalue weighted by atomic mass is 10.0. The summed E-state index contributed by atoms with van der Waals surface area (Å²) in [5.74, 6) is -0.454. The largest absolute Gasteiger partial charge is 0.349 e. The van der Waals surface area contributed by atoms with Crippen LogP contribution in [0.1, 0.15) is 34.6 Å². The highest BCUT2D eigenvalue weighted by molar-refractivity contribution is 7.14. The molecule has 128 valence electrons. The summed E-state index contributed by atoms with van der Waals surface area (Å²) < 4.78 is 0. The number of amides is 2. The van der Waals surface area contributed by atoms with Gasteiger partial charge in [0.05, 0.1) is 6.04 Å². The van der Waals surface area contributed by atoms with Crippen molar-refractivity contribution in [3.8, 4) is 0 Å². The third-order valence-electron chi connectivity index (χ3n) is 3.56. The van der Waals surface area contributed by atoms with Gasteiger partial charge in [-0.05, 0) is 26.6 Å². The molecule has 0 aliphatic heterocycles. The van der Waals surface area contributed by atoms with Gasteiger partial charge in [0, 0.05) is 18.8 Å². The van der Waals surface area contributed by atoms with Crippen LogP contribution in [-0.2, 0) is 4.79 Å². The number of hydrogen-bond acceptors (Lipinski definition) is 5. The van der Waals surface area contributed by atoms with Gasteiger partial charge >= 0.3 is 0 Å². The Kier molecular flexibility index (Phi) is 6.05. The number of aromatic nitrogens is 1. The van der Waals surface area contributed by atoms with Gasteiger partial charge in [0.25, 0.3) is 5.91 Å². The number of hydrogen-bond donors (Lipinski definition) is 2. The van der Waals surface area contributed by atoms with Crippen LogP contribution in [-0.4, -0.2) is 42.3 Å². The average Bonchev–Trinajstić information content (AvgIpc) is 2.96. The molecular weight excluding hydrogens is 324 g/mol. The molecule has 2 amide bonds. The summed E-state index contributed by atoms with van der Waals surface area (Å²) >= 11 is 1.23. The minimum Gasteiger partial charge on any atom is -0.349 e. The lowest BCUT2D eigenvalue weighted by Gasteiger charge is -2.25. The Morgan fingerprint density at radius 3 is 2.50 bits per heavy atom. The molecule has 0 radical (unpaired) electrons. The van der Waals surface area contributed by atoms with E-state index in [1.165, 1.54) is 23.8 Å². The van der Waals surface area contributed by atoms with Crippen LogP contribution in [0.25, 0.3) is 0 Å². The van der Waals surface area contributed by atoms with Gasteiger partial charge in [-0.25, -0.2) is 4.98 Å². The third kappa shape index (κ3) is 4.87. The molecule has 2 aromatic rings. The van der Waals surface area contributed by atoms with E-state index >= 15 is 0 Å². The van der Waals surface area contributed by atoms with E-state index in [1.807, 2.05) is 21.0 Å². The number of aryl methyl sites for hydroxylation is 1. The van der Waals surface area contributed by atoms with Crippen LogP contribution in [0, 0.1) is 6.92 Å². The predicted molar refractivity (Wildman–Crippen MR) is 96.4 cm³/mol. The first-order chi connectivity index (χ1) is 11.4. The molecule has 1 aromatic heterocycles. The number of nitrogens with one attached hydrogen (secondary N) is 2. The zero-order chi connectivity index (χ0) is 17.7. The topological polar surface area (TPSA) is 74.3 Å². The molecule has 1 atom stereocenters. The highest BCUT2D eigenvalue weighted by atomic mass is 32.1. The van der Waals surface area contributed by atoms with Crippen molar-refractivity contribution in [3.05, 3.63) is 46.5 Å². The molecule has 1 heterocycles. The van der Waals surface area contributed by atoms with E-state index in [0.717, 1.165) is 5.56 Å². The minimum absolute atomic E-state index is 0.0722. The Balaban J connectivity index is 2.01. The summed E-state index contributed by atoms with van der Waals surface area (Å²) in [6, 6.07) is 8.35. The molecule has 0 spiro atoms. The van der Waals surface area contributed by atoms with E-state index in [0.29, 0.717) is 17.4 Å². The van der Waals surface area contributed by atoms with E-state index in [4.69, 9.17) is 0 Å². The molecule has 7 heteroatoms. The number of carbonyl (C=O) groups excluding carboxylic acids is 2. The van der Waals surface area contributed by atoms with Gasteiger partial charge in [-0.15, -0.1) is 11.3 Å². The summed E-state index contributed by atoms with van der Waals surface area (Å²) in [6.45, 7) is 3.93. The maximum atomic E-state index is 12.3. The molecule has 0 saturated carbocycles. The lowest BCUT2D eigenvalue weighted by molar-refractivity contribution is -0.114. The van der Waals surface area contributed by atoms with Gasteiger partial charge < -0.3 is 15.5 Å². The molecule has 0 fully saturated rings. The van der Waals surface area contributed by atoms with Crippen LogP contribution in [0.2, 0.25) is 0 Å². The van der Waals surface area contributed by atoms with Gasteiger partial charge in [0.15, 0.2) is 5.13 Å². The first-order valence-electron chi connectivity index (χ1n) is 7.61. The van der Waals surface area contributed by atoms with Crippen molar-refractivity contribution in [2.45, 2.75) is 19.9 Å². The fraction of sp³-hybridized carbons (Fsp3) is 0.353. The van der Waals surface area contributed by atoms with Crippen molar-refractivity contribution < 1.29 is 9.59 Å². The Hall–Kier alpha value is -2.25. The molecule has 0 aliphatic carbocycles. The third-order valence-corrected chi connectivity index (χ3v) is 4.32. The zero-order valence-electron chi connectivity index (χ0n) is 14.3. The van der Waals surface area contributed by atoms with Crippen molar-refractivity contribution in [3.63, 3.8) is 0 Å². The number of rotatable bonds is 6.